The van der Waals surface area contributed by atoms with Gasteiger partial charge in [-0.25, -0.2) is 0 Å². The van der Waals surface area contributed by atoms with Crippen molar-refractivity contribution >= 4 is 11.9 Å². The fourth-order valence-electron chi connectivity index (χ4n) is 2.65. The number of methoxy groups -OCH3 is 1. The molecule has 3 aliphatic rings. The lowest BCUT2D eigenvalue weighted by Crippen LogP contribution is -2.39. The highest BCUT2D eigenvalue weighted by atomic mass is 16.6. The van der Waals surface area contributed by atoms with E-state index in [4.69, 9.17) is 9.47 Å². The molecule has 0 unspecified atom stereocenters. The monoisotopic (exact) mass is 210 g/mol. The van der Waals surface area contributed by atoms with E-state index in [0.717, 1.165) is 0 Å². The Kier molecular flexibility index (Phi) is 1.55. The van der Waals surface area contributed by atoms with Gasteiger partial charge in [0.25, 0.3) is 0 Å². The van der Waals surface area contributed by atoms with Gasteiger partial charge in [-0.05, 0) is 6.08 Å². The van der Waals surface area contributed by atoms with Crippen LogP contribution >= 0.6 is 0 Å². The minimum Gasteiger partial charge on any atom is -0.469 e. The molecule has 3 heterocycles. The zero-order chi connectivity index (χ0) is 10.6. The lowest BCUT2D eigenvalue weighted by atomic mass is 9.77. The molecule has 0 radical (unpaired) electrons. The third kappa shape index (κ3) is 0.911. The molecule has 4 atom stereocenters. The van der Waals surface area contributed by atoms with Gasteiger partial charge in [-0.3, -0.25) is 9.59 Å². The highest BCUT2D eigenvalue weighted by molar-refractivity contribution is 5.87. The number of hydrogen-bond donors (Lipinski definition) is 0. The molecule has 0 aromatic rings. The first-order valence-corrected chi connectivity index (χ1v) is 4.79. The molecule has 80 valence electrons. The van der Waals surface area contributed by atoms with Gasteiger partial charge < -0.3 is 14.2 Å². The second kappa shape index (κ2) is 2.61. The Labute approximate surface area is 86.0 Å². The van der Waals surface area contributed by atoms with E-state index in [1.165, 1.54) is 7.11 Å². The van der Waals surface area contributed by atoms with Crippen molar-refractivity contribution < 1.29 is 23.8 Å². The second-order valence-corrected chi connectivity index (χ2v) is 4.03. The highest BCUT2D eigenvalue weighted by Gasteiger charge is 2.66. The normalized spacial score (nSPS) is 45.4. The van der Waals surface area contributed by atoms with Crippen LogP contribution in [-0.2, 0) is 23.8 Å². The topological polar surface area (TPSA) is 61.8 Å². The van der Waals surface area contributed by atoms with Crippen LogP contribution in [0.4, 0.5) is 0 Å². The standard InChI is InChI=1S/C10H10O5/c1-13-8(11)6-5-2-3-10(15-5)4-14-9(12)7(6)10/h2-3,5-7H,4H2,1H3/t5-,6-,7+,10-/m0/s1. The quantitative estimate of drug-likeness (QED) is 0.437. The van der Waals surface area contributed by atoms with Gasteiger partial charge in [-0.1, -0.05) is 6.08 Å². The summed E-state index contributed by atoms with van der Waals surface area (Å²) in [5.74, 6) is -1.85. The predicted octanol–water partition coefficient (Wildman–Crippen LogP) is -0.344. The average Bonchev–Trinajstić information content (AvgIpc) is 2.88. The van der Waals surface area contributed by atoms with Gasteiger partial charge in [0.2, 0.25) is 0 Å². The van der Waals surface area contributed by atoms with Gasteiger partial charge in [0, 0.05) is 0 Å². The fourth-order valence-corrected chi connectivity index (χ4v) is 2.65. The molecule has 15 heavy (non-hydrogen) atoms. The summed E-state index contributed by atoms with van der Waals surface area (Å²) in [4.78, 5) is 23.1. The number of ether oxygens (including phenoxy) is 3. The number of rotatable bonds is 1. The van der Waals surface area contributed by atoms with E-state index in [1.54, 1.807) is 6.08 Å². The number of hydrogen-bond acceptors (Lipinski definition) is 5. The Morgan fingerprint density at radius 2 is 2.47 bits per heavy atom. The SMILES string of the molecule is COC(=O)[C@H]1[C@@H]2C=C[C@@]3(COC(=O)[C@@H]13)O2. The Hall–Kier alpha value is -1.36. The summed E-state index contributed by atoms with van der Waals surface area (Å²) in [5, 5.41) is 0. The van der Waals surface area contributed by atoms with Crippen molar-refractivity contribution in [2.75, 3.05) is 13.7 Å². The molecule has 2 bridgehead atoms. The Morgan fingerprint density at radius 3 is 3.20 bits per heavy atom. The van der Waals surface area contributed by atoms with Gasteiger partial charge in [0.1, 0.15) is 24.0 Å². The van der Waals surface area contributed by atoms with Crippen molar-refractivity contribution in [3.05, 3.63) is 12.2 Å². The van der Waals surface area contributed by atoms with Crippen LogP contribution in [0.1, 0.15) is 0 Å². The van der Waals surface area contributed by atoms with E-state index in [1.807, 2.05) is 6.08 Å². The number of carbonyl (C=O) groups excluding carboxylic acids is 2. The summed E-state index contributed by atoms with van der Waals surface area (Å²) in [6.07, 6.45) is 3.29. The molecule has 0 aromatic carbocycles. The summed E-state index contributed by atoms with van der Waals surface area (Å²) in [6, 6.07) is 0. The summed E-state index contributed by atoms with van der Waals surface area (Å²) in [5.41, 5.74) is -0.708. The molecule has 1 spiro atoms. The van der Waals surface area contributed by atoms with Gasteiger partial charge in [-0.15, -0.1) is 0 Å². The highest BCUT2D eigenvalue weighted by Crippen LogP contribution is 2.51. The first-order chi connectivity index (χ1) is 7.18. The largest absolute Gasteiger partial charge is 0.469 e. The van der Waals surface area contributed by atoms with Crippen molar-refractivity contribution in [1.82, 2.24) is 0 Å². The molecular weight excluding hydrogens is 200 g/mol. The van der Waals surface area contributed by atoms with Crippen molar-refractivity contribution in [3.63, 3.8) is 0 Å². The minimum atomic E-state index is -0.708. The van der Waals surface area contributed by atoms with Crippen LogP contribution < -0.4 is 0 Å². The number of carbonyl (C=O) groups is 2. The van der Waals surface area contributed by atoms with Crippen LogP contribution in [0.2, 0.25) is 0 Å². The van der Waals surface area contributed by atoms with Crippen LogP contribution in [0, 0.1) is 11.8 Å². The average molecular weight is 210 g/mol. The van der Waals surface area contributed by atoms with Crippen LogP contribution in [0.25, 0.3) is 0 Å². The number of esters is 2. The van der Waals surface area contributed by atoms with E-state index in [0.29, 0.717) is 0 Å². The lowest BCUT2D eigenvalue weighted by molar-refractivity contribution is -0.154. The predicted molar refractivity (Wildman–Crippen MR) is 46.7 cm³/mol. The summed E-state index contributed by atoms with van der Waals surface area (Å²) in [6.45, 7) is 0.205. The van der Waals surface area contributed by atoms with Crippen LogP contribution in [0.3, 0.4) is 0 Å². The number of cyclic esters (lactones) is 1. The second-order valence-electron chi connectivity index (χ2n) is 4.03. The van der Waals surface area contributed by atoms with Crippen molar-refractivity contribution in [2.24, 2.45) is 11.8 Å². The zero-order valence-electron chi connectivity index (χ0n) is 8.14. The fraction of sp³-hybridized carbons (Fsp3) is 0.600. The van der Waals surface area contributed by atoms with Crippen molar-refractivity contribution in [3.8, 4) is 0 Å². The smallest absolute Gasteiger partial charge is 0.313 e. The Balaban J connectivity index is 2.02. The molecule has 3 rings (SSSR count). The van der Waals surface area contributed by atoms with Crippen molar-refractivity contribution in [2.45, 2.75) is 11.7 Å². The van der Waals surface area contributed by atoms with Crippen LogP contribution in [-0.4, -0.2) is 37.4 Å². The minimum absolute atomic E-state index is 0.205. The summed E-state index contributed by atoms with van der Waals surface area (Å²) >= 11 is 0. The van der Waals surface area contributed by atoms with E-state index in [2.05, 4.69) is 4.74 Å². The van der Waals surface area contributed by atoms with Crippen LogP contribution in [0.15, 0.2) is 12.2 Å². The molecule has 0 saturated carbocycles. The molecule has 5 nitrogen and oxygen atoms in total. The molecule has 0 amide bonds. The third-order valence-corrected chi connectivity index (χ3v) is 3.33. The molecule has 0 N–H and O–H groups in total. The molecular formula is C10H10O5. The van der Waals surface area contributed by atoms with E-state index >= 15 is 0 Å². The molecule has 5 heteroatoms. The first kappa shape index (κ1) is 8.91. The summed E-state index contributed by atoms with van der Waals surface area (Å²) in [7, 11) is 1.31. The maximum absolute atomic E-state index is 11.5. The molecule has 2 fully saturated rings. The van der Waals surface area contributed by atoms with Crippen LogP contribution in [0.5, 0.6) is 0 Å². The molecule has 3 aliphatic heterocycles. The molecule has 0 aromatic heterocycles. The van der Waals surface area contributed by atoms with Gasteiger partial charge in [0.15, 0.2) is 0 Å². The molecule has 0 aliphatic carbocycles. The van der Waals surface area contributed by atoms with E-state index in [9.17, 15) is 9.59 Å². The summed E-state index contributed by atoms with van der Waals surface area (Å²) < 4.78 is 15.3. The first-order valence-electron chi connectivity index (χ1n) is 4.79. The lowest BCUT2D eigenvalue weighted by Gasteiger charge is -2.20. The van der Waals surface area contributed by atoms with Gasteiger partial charge in [-0.2, -0.15) is 0 Å². The van der Waals surface area contributed by atoms with Gasteiger partial charge >= 0.3 is 11.9 Å². The Morgan fingerprint density at radius 1 is 1.67 bits per heavy atom. The molecule has 2 saturated heterocycles. The van der Waals surface area contributed by atoms with Gasteiger partial charge in [0.05, 0.1) is 13.2 Å². The van der Waals surface area contributed by atoms with E-state index in [-0.39, 0.29) is 18.7 Å². The third-order valence-electron chi connectivity index (χ3n) is 3.33. The van der Waals surface area contributed by atoms with Crippen molar-refractivity contribution in [1.29, 1.82) is 0 Å². The van der Waals surface area contributed by atoms with E-state index < -0.39 is 23.4 Å². The maximum atomic E-state index is 11.5. The Bertz CT molecular complexity index is 374. The maximum Gasteiger partial charge on any atom is 0.313 e. The number of fused-ring (bicyclic) bond motifs is 1. The zero-order valence-corrected chi connectivity index (χ0v) is 8.14.